The van der Waals surface area contributed by atoms with Crippen LogP contribution in [0.2, 0.25) is 0 Å². The number of ether oxygens (including phenoxy) is 3. The number of benzene rings is 2. The molecule has 2 N–H and O–H groups in total. The molecule has 1 atom stereocenters. The van der Waals surface area contributed by atoms with Gasteiger partial charge in [0.25, 0.3) is 5.91 Å². The standard InChI is InChI=1S/C22H26N2O6/c1-14(19(25)24-17-11-6-7-12-18(17)28-5)29-20(26)15-9-8-10-16(13-15)23-21(27)30-22(2,3)4/h6-14H,1-5H3,(H,23,27)(H,24,25)/t14-/m0/s1. The van der Waals surface area contributed by atoms with Gasteiger partial charge in [0.05, 0.1) is 18.4 Å². The third kappa shape index (κ3) is 6.80. The first-order chi connectivity index (χ1) is 14.1. The Morgan fingerprint density at radius 2 is 1.67 bits per heavy atom. The van der Waals surface area contributed by atoms with E-state index in [1.54, 1.807) is 57.2 Å². The summed E-state index contributed by atoms with van der Waals surface area (Å²) < 4.78 is 15.6. The summed E-state index contributed by atoms with van der Waals surface area (Å²) in [6.07, 6.45) is -1.69. The van der Waals surface area contributed by atoms with Gasteiger partial charge in [-0.3, -0.25) is 10.1 Å². The van der Waals surface area contributed by atoms with E-state index in [1.807, 2.05) is 0 Å². The number of methoxy groups -OCH3 is 1. The predicted octanol–water partition coefficient (Wildman–Crippen LogP) is 4.23. The van der Waals surface area contributed by atoms with Crippen LogP contribution >= 0.6 is 0 Å². The summed E-state index contributed by atoms with van der Waals surface area (Å²) in [4.78, 5) is 36.7. The first-order valence-corrected chi connectivity index (χ1v) is 9.34. The van der Waals surface area contributed by atoms with Gasteiger partial charge in [-0.25, -0.2) is 9.59 Å². The molecule has 160 valence electrons. The van der Waals surface area contributed by atoms with Crippen LogP contribution in [-0.4, -0.2) is 36.8 Å². The van der Waals surface area contributed by atoms with Crippen molar-refractivity contribution in [3.8, 4) is 5.75 Å². The molecule has 0 saturated heterocycles. The van der Waals surface area contributed by atoms with E-state index in [2.05, 4.69) is 10.6 Å². The molecule has 0 unspecified atom stereocenters. The molecule has 0 radical (unpaired) electrons. The Hall–Kier alpha value is -3.55. The maximum Gasteiger partial charge on any atom is 0.412 e. The van der Waals surface area contributed by atoms with Crippen molar-refractivity contribution in [1.82, 2.24) is 0 Å². The molecule has 0 heterocycles. The van der Waals surface area contributed by atoms with Crippen LogP contribution < -0.4 is 15.4 Å². The van der Waals surface area contributed by atoms with Crippen molar-refractivity contribution in [3.05, 3.63) is 54.1 Å². The van der Waals surface area contributed by atoms with Gasteiger partial charge in [0.1, 0.15) is 11.4 Å². The van der Waals surface area contributed by atoms with E-state index in [9.17, 15) is 14.4 Å². The van der Waals surface area contributed by atoms with Crippen molar-refractivity contribution in [2.75, 3.05) is 17.7 Å². The van der Waals surface area contributed by atoms with Gasteiger partial charge in [-0.1, -0.05) is 18.2 Å². The largest absolute Gasteiger partial charge is 0.495 e. The zero-order chi connectivity index (χ0) is 22.3. The van der Waals surface area contributed by atoms with Crippen LogP contribution in [0.5, 0.6) is 5.75 Å². The highest BCUT2D eigenvalue weighted by Crippen LogP contribution is 2.23. The summed E-state index contributed by atoms with van der Waals surface area (Å²) in [7, 11) is 1.49. The van der Waals surface area contributed by atoms with Crippen LogP contribution in [0.15, 0.2) is 48.5 Å². The highest BCUT2D eigenvalue weighted by molar-refractivity contribution is 5.98. The van der Waals surface area contributed by atoms with Gasteiger partial charge >= 0.3 is 12.1 Å². The molecular weight excluding hydrogens is 388 g/mol. The Labute approximate surface area is 175 Å². The lowest BCUT2D eigenvalue weighted by Crippen LogP contribution is -2.30. The minimum atomic E-state index is -1.05. The molecule has 0 aromatic heterocycles. The van der Waals surface area contributed by atoms with Gasteiger partial charge in [-0.15, -0.1) is 0 Å². The lowest BCUT2D eigenvalue weighted by atomic mass is 10.2. The molecular formula is C22H26N2O6. The second kappa shape index (κ2) is 9.78. The molecule has 8 nitrogen and oxygen atoms in total. The lowest BCUT2D eigenvalue weighted by Gasteiger charge is -2.19. The minimum absolute atomic E-state index is 0.181. The maximum atomic E-state index is 12.4. The minimum Gasteiger partial charge on any atom is -0.495 e. The summed E-state index contributed by atoms with van der Waals surface area (Å²) in [5.41, 5.74) is 0.368. The van der Waals surface area contributed by atoms with E-state index in [0.29, 0.717) is 17.1 Å². The average molecular weight is 414 g/mol. The van der Waals surface area contributed by atoms with Crippen LogP contribution in [0.4, 0.5) is 16.2 Å². The number of anilines is 2. The van der Waals surface area contributed by atoms with Gasteiger partial charge in [-0.05, 0) is 58.0 Å². The summed E-state index contributed by atoms with van der Waals surface area (Å²) in [6, 6.07) is 13.1. The number of carbonyl (C=O) groups is 3. The zero-order valence-corrected chi connectivity index (χ0v) is 17.6. The van der Waals surface area contributed by atoms with Crippen LogP contribution in [0.1, 0.15) is 38.1 Å². The Bertz CT molecular complexity index is 920. The quantitative estimate of drug-likeness (QED) is 0.686. The summed E-state index contributed by atoms with van der Waals surface area (Å²) in [6.45, 7) is 6.71. The fourth-order valence-electron chi connectivity index (χ4n) is 2.41. The molecule has 2 aromatic carbocycles. The lowest BCUT2D eigenvalue weighted by molar-refractivity contribution is -0.123. The van der Waals surface area contributed by atoms with E-state index in [4.69, 9.17) is 14.2 Å². The fraction of sp³-hybridized carbons (Fsp3) is 0.318. The molecule has 2 amide bonds. The smallest absolute Gasteiger partial charge is 0.412 e. The second-order valence-corrected chi connectivity index (χ2v) is 7.44. The molecule has 0 spiro atoms. The number of hydrogen-bond donors (Lipinski definition) is 2. The average Bonchev–Trinajstić information content (AvgIpc) is 2.66. The van der Waals surface area contributed by atoms with Gasteiger partial charge in [0.2, 0.25) is 0 Å². The van der Waals surface area contributed by atoms with E-state index in [-0.39, 0.29) is 5.56 Å². The number of hydrogen-bond acceptors (Lipinski definition) is 6. The van der Waals surface area contributed by atoms with Gasteiger partial charge in [-0.2, -0.15) is 0 Å². The fourth-order valence-corrected chi connectivity index (χ4v) is 2.41. The maximum absolute atomic E-state index is 12.4. The molecule has 0 aliphatic heterocycles. The van der Waals surface area contributed by atoms with E-state index < -0.39 is 29.7 Å². The van der Waals surface area contributed by atoms with Gasteiger partial charge < -0.3 is 19.5 Å². The van der Waals surface area contributed by atoms with Crippen LogP contribution in [0.3, 0.4) is 0 Å². The van der Waals surface area contributed by atoms with E-state index in [0.717, 1.165) is 0 Å². The molecule has 0 aliphatic rings. The Balaban J connectivity index is 1.99. The van der Waals surface area contributed by atoms with Crippen molar-refractivity contribution in [3.63, 3.8) is 0 Å². The van der Waals surface area contributed by atoms with Crippen molar-refractivity contribution >= 4 is 29.3 Å². The molecule has 2 rings (SSSR count). The molecule has 0 bridgehead atoms. The number of para-hydroxylation sites is 2. The molecule has 0 aliphatic carbocycles. The second-order valence-electron chi connectivity index (χ2n) is 7.44. The normalized spacial score (nSPS) is 11.8. The number of amides is 2. The number of rotatable bonds is 6. The van der Waals surface area contributed by atoms with Crippen LogP contribution in [0.25, 0.3) is 0 Å². The van der Waals surface area contributed by atoms with Crippen molar-refractivity contribution < 1.29 is 28.6 Å². The zero-order valence-electron chi connectivity index (χ0n) is 17.6. The predicted molar refractivity (Wildman–Crippen MR) is 113 cm³/mol. The number of carbonyl (C=O) groups excluding carboxylic acids is 3. The first-order valence-electron chi connectivity index (χ1n) is 9.34. The Kier molecular flexibility index (Phi) is 7.41. The SMILES string of the molecule is COc1ccccc1NC(=O)[C@H](C)OC(=O)c1cccc(NC(=O)OC(C)(C)C)c1. The Morgan fingerprint density at radius 1 is 0.967 bits per heavy atom. The van der Waals surface area contributed by atoms with Crippen molar-refractivity contribution in [2.45, 2.75) is 39.4 Å². The molecule has 30 heavy (non-hydrogen) atoms. The third-order valence-electron chi connectivity index (χ3n) is 3.76. The highest BCUT2D eigenvalue weighted by Gasteiger charge is 2.21. The van der Waals surface area contributed by atoms with Crippen molar-refractivity contribution in [1.29, 1.82) is 0 Å². The highest BCUT2D eigenvalue weighted by atomic mass is 16.6. The molecule has 8 heteroatoms. The van der Waals surface area contributed by atoms with E-state index >= 15 is 0 Å². The van der Waals surface area contributed by atoms with Gasteiger partial charge in [0.15, 0.2) is 6.10 Å². The molecule has 0 saturated carbocycles. The molecule has 2 aromatic rings. The summed E-state index contributed by atoms with van der Waals surface area (Å²) in [5.74, 6) is -0.716. The van der Waals surface area contributed by atoms with E-state index in [1.165, 1.54) is 26.2 Å². The first kappa shape index (κ1) is 22.7. The molecule has 0 fully saturated rings. The van der Waals surface area contributed by atoms with Crippen LogP contribution in [-0.2, 0) is 14.3 Å². The van der Waals surface area contributed by atoms with Gasteiger partial charge in [0, 0.05) is 5.69 Å². The summed E-state index contributed by atoms with van der Waals surface area (Å²) in [5, 5.41) is 5.22. The third-order valence-corrected chi connectivity index (χ3v) is 3.76. The summed E-state index contributed by atoms with van der Waals surface area (Å²) >= 11 is 0. The topological polar surface area (TPSA) is 103 Å². The van der Waals surface area contributed by atoms with Crippen molar-refractivity contribution in [2.24, 2.45) is 0 Å². The number of nitrogens with one attached hydrogen (secondary N) is 2. The Morgan fingerprint density at radius 3 is 2.33 bits per heavy atom. The van der Waals surface area contributed by atoms with Crippen LogP contribution in [0, 0.1) is 0 Å². The number of esters is 1. The monoisotopic (exact) mass is 414 g/mol.